The summed E-state index contributed by atoms with van der Waals surface area (Å²) in [5.74, 6) is -0.778. The Hall–Kier alpha value is -1.99. The number of nitrogens with one attached hydrogen (secondary N) is 2. The van der Waals surface area contributed by atoms with E-state index in [-0.39, 0.29) is 11.3 Å². The maximum absolute atomic E-state index is 11.1. The fourth-order valence-corrected chi connectivity index (χ4v) is 0.943. The number of hydrogen-bond acceptors (Lipinski definition) is 5. The summed E-state index contributed by atoms with van der Waals surface area (Å²) in [7, 11) is 0. The van der Waals surface area contributed by atoms with Crippen LogP contribution in [0.5, 0.6) is 0 Å². The predicted octanol–water partition coefficient (Wildman–Crippen LogP) is 0.218. The third kappa shape index (κ3) is 2.03. The second-order valence-electron chi connectivity index (χ2n) is 2.34. The number of hydrazine groups is 1. The quantitative estimate of drug-likeness (QED) is 0.474. The Morgan fingerprint density at radius 3 is 2.64 bits per heavy atom. The van der Waals surface area contributed by atoms with Crippen LogP contribution in [0.15, 0.2) is 24.3 Å². The number of para-hydroxylation sites is 1. The van der Waals surface area contributed by atoms with Gasteiger partial charge in [0.05, 0.1) is 4.92 Å². The van der Waals surface area contributed by atoms with Crippen molar-refractivity contribution in [2.75, 3.05) is 0 Å². The Morgan fingerprint density at radius 2 is 2.07 bits per heavy atom. The molecule has 0 unspecified atom stereocenters. The summed E-state index contributed by atoms with van der Waals surface area (Å²) in [6, 6.07) is 5.41. The topological polar surface area (TPSA) is 104 Å². The van der Waals surface area contributed by atoms with Gasteiger partial charge in [0.15, 0.2) is 0 Å². The first kappa shape index (κ1) is 10.1. The van der Waals surface area contributed by atoms with E-state index in [1.54, 1.807) is 0 Å². The van der Waals surface area contributed by atoms with Gasteiger partial charge in [0.25, 0.3) is 11.6 Å². The molecule has 1 aromatic carbocycles. The second-order valence-corrected chi connectivity index (χ2v) is 2.34. The van der Waals surface area contributed by atoms with E-state index in [1.807, 2.05) is 5.43 Å². The van der Waals surface area contributed by atoms with Crippen LogP contribution < -0.4 is 11.0 Å². The lowest BCUT2D eigenvalue weighted by atomic mass is 10.2. The van der Waals surface area contributed by atoms with Crippen LogP contribution in [-0.4, -0.2) is 16.0 Å². The van der Waals surface area contributed by atoms with Crippen LogP contribution in [0.25, 0.3) is 0 Å². The molecule has 0 aliphatic heterocycles. The normalized spacial score (nSPS) is 9.50. The van der Waals surface area contributed by atoms with E-state index in [9.17, 15) is 14.9 Å². The summed E-state index contributed by atoms with van der Waals surface area (Å²) in [5, 5.41) is 18.6. The van der Waals surface area contributed by atoms with E-state index in [0.717, 1.165) is 0 Å². The molecule has 1 amide bonds. The van der Waals surface area contributed by atoms with Crippen molar-refractivity contribution < 1.29 is 14.9 Å². The van der Waals surface area contributed by atoms with Gasteiger partial charge >= 0.3 is 0 Å². The Balaban J connectivity index is 3.07. The van der Waals surface area contributed by atoms with Gasteiger partial charge in [-0.15, -0.1) is 5.59 Å². The Bertz CT molecular complexity index is 366. The lowest BCUT2D eigenvalue weighted by Crippen LogP contribution is -2.34. The zero-order valence-corrected chi connectivity index (χ0v) is 6.93. The van der Waals surface area contributed by atoms with Gasteiger partial charge in [-0.3, -0.25) is 25.5 Å². The summed E-state index contributed by atoms with van der Waals surface area (Å²) >= 11 is 0. The second kappa shape index (κ2) is 4.30. The minimum atomic E-state index is -0.778. The number of carbonyl (C=O) groups excluding carboxylic acids is 1. The molecule has 7 nitrogen and oxygen atoms in total. The summed E-state index contributed by atoms with van der Waals surface area (Å²) in [6.45, 7) is 0. The molecule has 3 N–H and O–H groups in total. The molecular weight excluding hydrogens is 190 g/mol. The highest BCUT2D eigenvalue weighted by molar-refractivity contribution is 5.97. The molecule has 1 aromatic rings. The summed E-state index contributed by atoms with van der Waals surface area (Å²) in [4.78, 5) is 20.9. The van der Waals surface area contributed by atoms with Gasteiger partial charge in [-0.05, 0) is 6.07 Å². The zero-order chi connectivity index (χ0) is 10.6. The van der Waals surface area contributed by atoms with Gasteiger partial charge in [-0.2, -0.15) is 0 Å². The largest absolute Gasteiger partial charge is 0.297 e. The minimum absolute atomic E-state index is 0.126. The maximum Gasteiger partial charge on any atom is 0.282 e. The summed E-state index contributed by atoms with van der Waals surface area (Å²) < 4.78 is 0. The fourth-order valence-electron chi connectivity index (χ4n) is 0.943. The van der Waals surface area contributed by atoms with Crippen molar-refractivity contribution in [2.45, 2.75) is 0 Å². The van der Waals surface area contributed by atoms with Gasteiger partial charge in [-0.25, -0.2) is 0 Å². The van der Waals surface area contributed by atoms with Crippen LogP contribution >= 0.6 is 0 Å². The van der Waals surface area contributed by atoms with Gasteiger partial charge in [0.1, 0.15) is 5.56 Å². The van der Waals surface area contributed by atoms with Crippen LogP contribution in [0.4, 0.5) is 5.69 Å². The number of hydrogen-bond donors (Lipinski definition) is 3. The van der Waals surface area contributed by atoms with Crippen LogP contribution in [0, 0.1) is 10.1 Å². The standard InChI is InChI=1S/C7H7N3O4/c11-7(8-9-12)5-3-1-2-4-6(5)10(13)14/h1-4,9,12H,(H,8,11). The van der Waals surface area contributed by atoms with E-state index < -0.39 is 10.8 Å². The molecule has 1 rings (SSSR count). The van der Waals surface area contributed by atoms with Gasteiger partial charge < -0.3 is 0 Å². The molecule has 14 heavy (non-hydrogen) atoms. The number of nitro groups is 1. The Morgan fingerprint density at radius 1 is 1.43 bits per heavy atom. The number of rotatable bonds is 3. The van der Waals surface area contributed by atoms with Crippen molar-refractivity contribution in [3.8, 4) is 0 Å². The lowest BCUT2D eigenvalue weighted by molar-refractivity contribution is -0.385. The molecule has 0 aliphatic carbocycles. The van der Waals surface area contributed by atoms with Crippen molar-refractivity contribution in [1.29, 1.82) is 0 Å². The molecule has 0 radical (unpaired) electrons. The average Bonchev–Trinajstić information content (AvgIpc) is 2.18. The molecule has 0 bridgehead atoms. The fraction of sp³-hybridized carbons (Fsp3) is 0. The number of benzene rings is 1. The molecule has 0 spiro atoms. The highest BCUT2D eigenvalue weighted by Gasteiger charge is 2.18. The molecule has 0 fully saturated rings. The Labute approximate surface area is 78.4 Å². The van der Waals surface area contributed by atoms with Crippen molar-refractivity contribution in [3.05, 3.63) is 39.9 Å². The molecule has 0 aromatic heterocycles. The number of carbonyl (C=O) groups is 1. The third-order valence-electron chi connectivity index (χ3n) is 1.51. The molecular formula is C7H7N3O4. The molecule has 0 saturated carbocycles. The van der Waals surface area contributed by atoms with Crippen molar-refractivity contribution in [1.82, 2.24) is 11.0 Å². The van der Waals surface area contributed by atoms with Gasteiger partial charge in [-0.1, -0.05) is 12.1 Å². The van der Waals surface area contributed by atoms with E-state index in [1.165, 1.54) is 29.9 Å². The first-order chi connectivity index (χ1) is 6.66. The minimum Gasteiger partial charge on any atom is -0.297 e. The van der Waals surface area contributed by atoms with Gasteiger partial charge in [0.2, 0.25) is 0 Å². The van der Waals surface area contributed by atoms with Crippen molar-refractivity contribution >= 4 is 11.6 Å². The molecule has 0 atom stereocenters. The highest BCUT2D eigenvalue weighted by atomic mass is 16.6. The SMILES string of the molecule is O=C(NNO)c1ccccc1[N+](=O)[O-]. The first-order valence-electron chi connectivity index (χ1n) is 3.59. The van der Waals surface area contributed by atoms with Crippen molar-refractivity contribution in [3.63, 3.8) is 0 Å². The molecule has 0 saturated heterocycles. The van der Waals surface area contributed by atoms with Crippen LogP contribution in [-0.2, 0) is 0 Å². The highest BCUT2D eigenvalue weighted by Crippen LogP contribution is 2.16. The molecule has 0 aliphatic rings. The molecule has 0 heterocycles. The predicted molar refractivity (Wildman–Crippen MR) is 45.5 cm³/mol. The molecule has 7 heteroatoms. The van der Waals surface area contributed by atoms with E-state index >= 15 is 0 Å². The van der Waals surface area contributed by atoms with Crippen LogP contribution in [0.1, 0.15) is 10.4 Å². The van der Waals surface area contributed by atoms with E-state index in [2.05, 4.69) is 0 Å². The number of nitrogens with zero attached hydrogens (tertiary/aromatic N) is 1. The third-order valence-corrected chi connectivity index (χ3v) is 1.51. The zero-order valence-electron chi connectivity index (χ0n) is 6.93. The summed E-state index contributed by atoms with van der Waals surface area (Å²) in [5.41, 5.74) is 2.78. The summed E-state index contributed by atoms with van der Waals surface area (Å²) in [6.07, 6.45) is 0. The van der Waals surface area contributed by atoms with E-state index in [0.29, 0.717) is 0 Å². The number of nitro benzene ring substituents is 1. The van der Waals surface area contributed by atoms with Crippen LogP contribution in [0.3, 0.4) is 0 Å². The smallest absolute Gasteiger partial charge is 0.282 e. The Kier molecular flexibility index (Phi) is 3.10. The van der Waals surface area contributed by atoms with Gasteiger partial charge in [0, 0.05) is 6.07 Å². The first-order valence-corrected chi connectivity index (χ1v) is 3.59. The number of amides is 1. The lowest BCUT2D eigenvalue weighted by Gasteiger charge is -2.01. The van der Waals surface area contributed by atoms with E-state index in [4.69, 9.17) is 5.21 Å². The monoisotopic (exact) mass is 197 g/mol. The molecule has 74 valence electrons. The maximum atomic E-state index is 11.1. The average molecular weight is 197 g/mol. The van der Waals surface area contributed by atoms with Crippen molar-refractivity contribution in [2.24, 2.45) is 0 Å². The van der Waals surface area contributed by atoms with Crippen LogP contribution in [0.2, 0.25) is 0 Å².